The van der Waals surface area contributed by atoms with Crippen molar-refractivity contribution in [3.63, 3.8) is 0 Å². The van der Waals surface area contributed by atoms with E-state index in [-0.39, 0.29) is 11.6 Å². The van der Waals surface area contributed by atoms with Crippen molar-refractivity contribution >= 4 is 69.1 Å². The fourth-order valence-corrected chi connectivity index (χ4v) is 4.30. The van der Waals surface area contributed by atoms with Gasteiger partial charge in [0.15, 0.2) is 17.2 Å². The first kappa shape index (κ1) is 24.4. The van der Waals surface area contributed by atoms with Crippen LogP contribution in [0.25, 0.3) is 6.08 Å². The Balaban J connectivity index is 1.65. The van der Waals surface area contributed by atoms with E-state index in [1.165, 1.54) is 0 Å². The van der Waals surface area contributed by atoms with E-state index in [4.69, 9.17) is 14.2 Å². The SMILES string of the molecule is CCOc1cc(/C=C2\N=C(c3ccc(I)c(C)c3)OC2=O)cc(I)c1OC(=O)c1ccccc1. The van der Waals surface area contributed by atoms with Crippen LogP contribution in [0.2, 0.25) is 0 Å². The van der Waals surface area contributed by atoms with Crippen LogP contribution in [0.15, 0.2) is 71.4 Å². The number of cyclic esters (lactones) is 1. The van der Waals surface area contributed by atoms with Gasteiger partial charge in [0.05, 0.1) is 15.7 Å². The molecule has 0 saturated heterocycles. The first-order chi connectivity index (χ1) is 16.4. The number of aryl methyl sites for hydroxylation is 1. The summed E-state index contributed by atoms with van der Waals surface area (Å²) in [6.45, 7) is 4.21. The first-order valence-electron chi connectivity index (χ1n) is 10.4. The largest absolute Gasteiger partial charge is 0.490 e. The molecule has 172 valence electrons. The minimum atomic E-state index is -0.529. The Morgan fingerprint density at radius 3 is 2.53 bits per heavy atom. The quantitative estimate of drug-likeness (QED) is 0.135. The zero-order valence-corrected chi connectivity index (χ0v) is 22.6. The van der Waals surface area contributed by atoms with Crippen molar-refractivity contribution in [3.05, 3.63) is 95.8 Å². The van der Waals surface area contributed by atoms with Crippen LogP contribution in [0.1, 0.15) is 34.0 Å². The normalized spacial score (nSPS) is 14.1. The van der Waals surface area contributed by atoms with Crippen LogP contribution in [-0.4, -0.2) is 24.4 Å². The van der Waals surface area contributed by atoms with Crippen molar-refractivity contribution in [1.29, 1.82) is 0 Å². The molecule has 0 spiro atoms. The van der Waals surface area contributed by atoms with Gasteiger partial charge in [-0.2, -0.15) is 0 Å². The number of rotatable bonds is 6. The van der Waals surface area contributed by atoms with Crippen molar-refractivity contribution in [2.75, 3.05) is 6.61 Å². The average Bonchev–Trinajstić information content (AvgIpc) is 3.18. The highest BCUT2D eigenvalue weighted by atomic mass is 127. The molecule has 0 saturated carbocycles. The maximum absolute atomic E-state index is 12.6. The van der Waals surface area contributed by atoms with Gasteiger partial charge in [-0.15, -0.1) is 0 Å². The fourth-order valence-electron chi connectivity index (χ4n) is 3.23. The number of halogens is 2. The van der Waals surface area contributed by atoms with Crippen molar-refractivity contribution < 1.29 is 23.8 Å². The van der Waals surface area contributed by atoms with Gasteiger partial charge < -0.3 is 14.2 Å². The predicted molar refractivity (Wildman–Crippen MR) is 146 cm³/mol. The molecule has 0 N–H and O–H groups in total. The van der Waals surface area contributed by atoms with E-state index in [0.29, 0.717) is 32.8 Å². The molecule has 0 aliphatic carbocycles. The molecule has 0 aromatic heterocycles. The molecular weight excluding hydrogens is 660 g/mol. The Morgan fingerprint density at radius 2 is 1.82 bits per heavy atom. The molecule has 0 atom stereocenters. The Hall–Kier alpha value is -2.73. The van der Waals surface area contributed by atoms with Crippen molar-refractivity contribution in [2.45, 2.75) is 13.8 Å². The van der Waals surface area contributed by atoms with E-state index in [1.54, 1.807) is 42.5 Å². The van der Waals surface area contributed by atoms with Crippen LogP contribution in [0.5, 0.6) is 11.5 Å². The van der Waals surface area contributed by atoms with Gasteiger partial charge in [0.1, 0.15) is 0 Å². The van der Waals surface area contributed by atoms with E-state index in [0.717, 1.165) is 14.7 Å². The van der Waals surface area contributed by atoms with Gasteiger partial charge in [-0.05, 0) is 119 Å². The number of hydrogen-bond acceptors (Lipinski definition) is 6. The van der Waals surface area contributed by atoms with Crippen molar-refractivity contribution in [1.82, 2.24) is 0 Å². The second-order valence-electron chi connectivity index (χ2n) is 7.32. The molecule has 34 heavy (non-hydrogen) atoms. The summed E-state index contributed by atoms with van der Waals surface area (Å²) in [5.74, 6) is -0.0185. The van der Waals surface area contributed by atoms with Gasteiger partial charge in [0, 0.05) is 9.13 Å². The second kappa shape index (κ2) is 10.7. The smallest absolute Gasteiger partial charge is 0.363 e. The van der Waals surface area contributed by atoms with Gasteiger partial charge in [0.25, 0.3) is 0 Å². The third-order valence-electron chi connectivity index (χ3n) is 4.86. The zero-order chi connectivity index (χ0) is 24.2. The highest BCUT2D eigenvalue weighted by Gasteiger charge is 2.25. The summed E-state index contributed by atoms with van der Waals surface area (Å²) in [7, 11) is 0. The zero-order valence-electron chi connectivity index (χ0n) is 18.3. The predicted octanol–water partition coefficient (Wildman–Crippen LogP) is 6.17. The average molecular weight is 679 g/mol. The van der Waals surface area contributed by atoms with Crippen LogP contribution in [0.3, 0.4) is 0 Å². The Bertz CT molecular complexity index is 1330. The summed E-state index contributed by atoms with van der Waals surface area (Å²) in [5, 5.41) is 0. The Kier molecular flexibility index (Phi) is 7.67. The van der Waals surface area contributed by atoms with Gasteiger partial charge in [-0.1, -0.05) is 18.2 Å². The van der Waals surface area contributed by atoms with Crippen LogP contribution >= 0.6 is 45.2 Å². The molecule has 3 aromatic rings. The fraction of sp³-hybridized carbons (Fsp3) is 0.115. The van der Waals surface area contributed by atoms with E-state index in [2.05, 4.69) is 50.2 Å². The summed E-state index contributed by atoms with van der Waals surface area (Å²) < 4.78 is 18.6. The monoisotopic (exact) mass is 679 g/mol. The summed E-state index contributed by atoms with van der Waals surface area (Å²) in [6, 6.07) is 18.0. The number of esters is 2. The highest BCUT2D eigenvalue weighted by Crippen LogP contribution is 2.36. The topological polar surface area (TPSA) is 74.2 Å². The van der Waals surface area contributed by atoms with Gasteiger partial charge in [0.2, 0.25) is 5.90 Å². The van der Waals surface area contributed by atoms with Crippen molar-refractivity contribution in [3.8, 4) is 11.5 Å². The minimum absolute atomic E-state index is 0.179. The number of carbonyl (C=O) groups excluding carboxylic acids is 2. The minimum Gasteiger partial charge on any atom is -0.490 e. The number of nitrogens with zero attached hydrogens (tertiary/aromatic N) is 1. The maximum atomic E-state index is 12.6. The lowest BCUT2D eigenvalue weighted by Gasteiger charge is -2.13. The standard InChI is InChI=1S/C26H19I2NO5/c1-3-32-22-14-16(12-20(28)23(22)33-25(30)17-7-5-4-6-8-17)13-21-26(31)34-24(29-21)18-9-10-19(27)15(2)11-18/h4-14H,3H2,1-2H3/b21-13-. The molecule has 0 amide bonds. The molecule has 0 bridgehead atoms. The molecule has 0 unspecified atom stereocenters. The lowest BCUT2D eigenvalue weighted by molar-refractivity contribution is -0.129. The van der Waals surface area contributed by atoms with Crippen LogP contribution in [0, 0.1) is 14.1 Å². The van der Waals surface area contributed by atoms with Crippen LogP contribution in [0.4, 0.5) is 0 Å². The molecule has 8 heteroatoms. The lowest BCUT2D eigenvalue weighted by Crippen LogP contribution is -2.10. The van der Waals surface area contributed by atoms with E-state index < -0.39 is 11.9 Å². The molecule has 3 aromatic carbocycles. The molecule has 6 nitrogen and oxygen atoms in total. The van der Waals surface area contributed by atoms with E-state index in [9.17, 15) is 9.59 Å². The number of ether oxygens (including phenoxy) is 3. The highest BCUT2D eigenvalue weighted by molar-refractivity contribution is 14.1. The van der Waals surface area contributed by atoms with Crippen molar-refractivity contribution in [2.24, 2.45) is 4.99 Å². The van der Waals surface area contributed by atoms with Gasteiger partial charge in [-0.25, -0.2) is 14.6 Å². The molecular formula is C26H19I2NO5. The van der Waals surface area contributed by atoms with E-state index >= 15 is 0 Å². The van der Waals surface area contributed by atoms with Crippen LogP contribution in [-0.2, 0) is 9.53 Å². The molecule has 1 aliphatic heterocycles. The summed E-state index contributed by atoms with van der Waals surface area (Å²) in [6.07, 6.45) is 1.63. The van der Waals surface area contributed by atoms with Gasteiger partial charge >= 0.3 is 11.9 Å². The summed E-state index contributed by atoms with van der Waals surface area (Å²) in [4.78, 5) is 29.4. The van der Waals surface area contributed by atoms with Gasteiger partial charge in [-0.3, -0.25) is 0 Å². The lowest BCUT2D eigenvalue weighted by atomic mass is 10.1. The Labute approximate surface area is 224 Å². The van der Waals surface area contributed by atoms with Crippen LogP contribution < -0.4 is 9.47 Å². The second-order valence-corrected chi connectivity index (χ2v) is 9.64. The number of aliphatic imine (C=N–C) groups is 1. The molecule has 4 rings (SSSR count). The summed E-state index contributed by atoms with van der Waals surface area (Å²) >= 11 is 4.33. The summed E-state index contributed by atoms with van der Waals surface area (Å²) in [5.41, 5.74) is 3.10. The maximum Gasteiger partial charge on any atom is 0.363 e. The van der Waals surface area contributed by atoms with E-state index in [1.807, 2.05) is 38.1 Å². The number of hydrogen-bond donors (Lipinski definition) is 0. The number of carbonyl (C=O) groups is 2. The first-order valence-corrected chi connectivity index (χ1v) is 12.5. The molecule has 1 heterocycles. The molecule has 0 fully saturated rings. The Morgan fingerprint density at radius 1 is 1.06 bits per heavy atom. The number of benzene rings is 3. The molecule has 1 aliphatic rings. The molecule has 0 radical (unpaired) electrons. The third kappa shape index (κ3) is 5.49. The third-order valence-corrected chi connectivity index (χ3v) is 6.88.